The Kier molecular flexibility index (Phi) is 3.60. The SMILES string of the molecule is C=CC(F)C(F)C(F)C(F)(F)F. The van der Waals surface area contributed by atoms with E-state index in [0.717, 1.165) is 0 Å². The standard InChI is InChI=1S/C6H6F6/c1-2-3(7)4(8)5(9)6(10,11)12/h2-5H,1H2. The molecular formula is C6H6F6. The van der Waals surface area contributed by atoms with Gasteiger partial charge in [-0.2, -0.15) is 13.2 Å². The lowest BCUT2D eigenvalue weighted by atomic mass is 10.1. The fraction of sp³-hybridized carbons (Fsp3) is 0.667. The summed E-state index contributed by atoms with van der Waals surface area (Å²) in [5.41, 5.74) is 0. The molecule has 0 aromatic carbocycles. The molecule has 0 rings (SSSR count). The Bertz CT molecular complexity index is 151. The van der Waals surface area contributed by atoms with Crippen molar-refractivity contribution in [3.05, 3.63) is 12.7 Å². The maximum absolute atomic E-state index is 12.1. The monoisotopic (exact) mass is 192 g/mol. The van der Waals surface area contributed by atoms with Crippen LogP contribution in [0.25, 0.3) is 0 Å². The molecule has 3 atom stereocenters. The van der Waals surface area contributed by atoms with Crippen molar-refractivity contribution >= 4 is 0 Å². The third kappa shape index (κ3) is 2.75. The summed E-state index contributed by atoms with van der Waals surface area (Å²) in [6.07, 6.45) is -14.8. The highest BCUT2D eigenvalue weighted by atomic mass is 19.4. The zero-order valence-electron chi connectivity index (χ0n) is 5.78. The first kappa shape index (κ1) is 11.3. The Hall–Kier alpha value is -0.680. The third-order valence-electron chi connectivity index (χ3n) is 1.12. The lowest BCUT2D eigenvalue weighted by Crippen LogP contribution is -2.38. The van der Waals surface area contributed by atoms with Crippen molar-refractivity contribution in [2.75, 3.05) is 0 Å². The van der Waals surface area contributed by atoms with E-state index in [1.54, 1.807) is 0 Å². The Labute approximate surface area is 64.9 Å². The van der Waals surface area contributed by atoms with Gasteiger partial charge in [-0.15, -0.1) is 6.58 Å². The van der Waals surface area contributed by atoms with Crippen LogP contribution in [-0.2, 0) is 0 Å². The van der Waals surface area contributed by atoms with Gasteiger partial charge in [-0.3, -0.25) is 0 Å². The van der Waals surface area contributed by atoms with Gasteiger partial charge in [0.2, 0.25) is 6.17 Å². The average Bonchev–Trinajstić information content (AvgIpc) is 1.98. The minimum atomic E-state index is -5.37. The van der Waals surface area contributed by atoms with E-state index in [4.69, 9.17) is 0 Å². The Morgan fingerprint density at radius 3 is 1.75 bits per heavy atom. The molecule has 0 bridgehead atoms. The molecule has 72 valence electrons. The van der Waals surface area contributed by atoms with Crippen LogP contribution in [0.15, 0.2) is 12.7 Å². The first-order valence-corrected chi connectivity index (χ1v) is 2.92. The predicted octanol–water partition coefficient (Wildman–Crippen LogP) is 2.75. The molecule has 0 saturated heterocycles. The molecule has 0 amide bonds. The van der Waals surface area contributed by atoms with Gasteiger partial charge in [0.05, 0.1) is 0 Å². The van der Waals surface area contributed by atoms with Crippen molar-refractivity contribution in [2.24, 2.45) is 0 Å². The number of allylic oxidation sites excluding steroid dienone is 1. The van der Waals surface area contributed by atoms with Gasteiger partial charge in [-0.1, -0.05) is 6.08 Å². The number of hydrogen-bond acceptors (Lipinski definition) is 0. The van der Waals surface area contributed by atoms with Crippen LogP contribution in [0.5, 0.6) is 0 Å². The van der Waals surface area contributed by atoms with E-state index in [0.29, 0.717) is 0 Å². The minimum absolute atomic E-state index is 0.281. The van der Waals surface area contributed by atoms with Gasteiger partial charge in [-0.05, 0) is 0 Å². The Morgan fingerprint density at radius 2 is 1.50 bits per heavy atom. The van der Waals surface area contributed by atoms with Gasteiger partial charge in [0, 0.05) is 0 Å². The first-order valence-electron chi connectivity index (χ1n) is 2.92. The molecule has 0 aliphatic rings. The maximum atomic E-state index is 12.1. The summed E-state index contributed by atoms with van der Waals surface area (Å²) >= 11 is 0. The number of alkyl halides is 6. The number of hydrogen-bond donors (Lipinski definition) is 0. The van der Waals surface area contributed by atoms with Crippen molar-refractivity contribution in [3.63, 3.8) is 0 Å². The molecule has 0 nitrogen and oxygen atoms in total. The van der Waals surface area contributed by atoms with Crippen LogP contribution in [-0.4, -0.2) is 24.7 Å². The van der Waals surface area contributed by atoms with Crippen LogP contribution in [0.2, 0.25) is 0 Å². The van der Waals surface area contributed by atoms with E-state index >= 15 is 0 Å². The summed E-state index contributed by atoms with van der Waals surface area (Å²) < 4.78 is 70.3. The normalized spacial score (nSPS) is 19.8. The van der Waals surface area contributed by atoms with E-state index in [1.165, 1.54) is 0 Å². The highest BCUT2D eigenvalue weighted by Crippen LogP contribution is 2.29. The van der Waals surface area contributed by atoms with E-state index in [1.807, 2.05) is 0 Å². The molecule has 0 radical (unpaired) electrons. The van der Waals surface area contributed by atoms with Crippen LogP contribution in [0.1, 0.15) is 0 Å². The van der Waals surface area contributed by atoms with E-state index in [-0.39, 0.29) is 6.08 Å². The fourth-order valence-corrected chi connectivity index (χ4v) is 0.472. The molecule has 6 heteroatoms. The van der Waals surface area contributed by atoms with Gasteiger partial charge >= 0.3 is 6.18 Å². The van der Waals surface area contributed by atoms with Crippen LogP contribution in [0.4, 0.5) is 26.3 Å². The zero-order chi connectivity index (χ0) is 9.94. The first-order chi connectivity index (χ1) is 5.30. The van der Waals surface area contributed by atoms with E-state index in [9.17, 15) is 26.3 Å². The lowest BCUT2D eigenvalue weighted by molar-refractivity contribution is -0.200. The lowest BCUT2D eigenvalue weighted by Gasteiger charge is -2.17. The molecule has 0 heterocycles. The quantitative estimate of drug-likeness (QED) is 0.476. The summed E-state index contributed by atoms with van der Waals surface area (Å²) in [5.74, 6) is 0. The Morgan fingerprint density at radius 1 is 1.08 bits per heavy atom. The molecule has 0 spiro atoms. The van der Waals surface area contributed by atoms with Gasteiger partial charge in [0.1, 0.15) is 0 Å². The molecule has 3 unspecified atom stereocenters. The molecule has 0 aliphatic heterocycles. The van der Waals surface area contributed by atoms with Gasteiger partial charge < -0.3 is 0 Å². The van der Waals surface area contributed by atoms with Gasteiger partial charge in [0.15, 0.2) is 12.3 Å². The van der Waals surface area contributed by atoms with Gasteiger partial charge in [-0.25, -0.2) is 13.2 Å². The van der Waals surface area contributed by atoms with Gasteiger partial charge in [0.25, 0.3) is 0 Å². The molecule has 0 aromatic heterocycles. The third-order valence-corrected chi connectivity index (χ3v) is 1.12. The Balaban J connectivity index is 4.28. The fourth-order valence-electron chi connectivity index (χ4n) is 0.472. The second-order valence-corrected chi connectivity index (χ2v) is 2.07. The van der Waals surface area contributed by atoms with Crippen molar-refractivity contribution < 1.29 is 26.3 Å². The smallest absolute Gasteiger partial charge is 0.240 e. The molecule has 0 N–H and O–H groups in total. The average molecular weight is 192 g/mol. The summed E-state index contributed by atoms with van der Waals surface area (Å²) in [5, 5.41) is 0. The molecule has 0 saturated carbocycles. The highest BCUT2D eigenvalue weighted by molar-refractivity contribution is 4.91. The summed E-state index contributed by atoms with van der Waals surface area (Å²) in [4.78, 5) is 0. The topological polar surface area (TPSA) is 0 Å². The van der Waals surface area contributed by atoms with E-state index < -0.39 is 24.7 Å². The summed E-state index contributed by atoms with van der Waals surface area (Å²) in [7, 11) is 0. The summed E-state index contributed by atoms with van der Waals surface area (Å²) in [6.45, 7) is 2.70. The van der Waals surface area contributed by atoms with Crippen LogP contribution in [0.3, 0.4) is 0 Å². The minimum Gasteiger partial charge on any atom is -0.240 e. The molecule has 12 heavy (non-hydrogen) atoms. The molecule has 0 fully saturated rings. The van der Waals surface area contributed by atoms with Crippen LogP contribution in [0, 0.1) is 0 Å². The molecular weight excluding hydrogens is 186 g/mol. The van der Waals surface area contributed by atoms with Crippen molar-refractivity contribution in [2.45, 2.75) is 24.7 Å². The second-order valence-electron chi connectivity index (χ2n) is 2.07. The number of halogens is 6. The van der Waals surface area contributed by atoms with Crippen molar-refractivity contribution in [1.29, 1.82) is 0 Å². The highest BCUT2D eigenvalue weighted by Gasteiger charge is 2.48. The van der Waals surface area contributed by atoms with Crippen molar-refractivity contribution in [1.82, 2.24) is 0 Å². The largest absolute Gasteiger partial charge is 0.422 e. The predicted molar refractivity (Wildman–Crippen MR) is 30.9 cm³/mol. The zero-order valence-corrected chi connectivity index (χ0v) is 5.78. The molecule has 0 aliphatic carbocycles. The second kappa shape index (κ2) is 3.82. The van der Waals surface area contributed by atoms with Crippen LogP contribution >= 0.6 is 0 Å². The van der Waals surface area contributed by atoms with Crippen LogP contribution < -0.4 is 0 Å². The van der Waals surface area contributed by atoms with Crippen molar-refractivity contribution in [3.8, 4) is 0 Å². The molecule has 0 aromatic rings. The van der Waals surface area contributed by atoms with E-state index in [2.05, 4.69) is 6.58 Å². The summed E-state index contributed by atoms with van der Waals surface area (Å²) in [6, 6.07) is 0. The number of rotatable bonds is 3. The maximum Gasteiger partial charge on any atom is 0.422 e.